The molecule has 8 N–H and O–H groups in total. The van der Waals surface area contributed by atoms with Crippen LogP contribution < -0.4 is 32.7 Å². The first-order valence-electron chi connectivity index (χ1n) is 20.1. The third kappa shape index (κ3) is 15.8. The summed E-state index contributed by atoms with van der Waals surface area (Å²) in [5.74, 6) is -2.36. The molecule has 1 saturated heterocycles. The Morgan fingerprint density at radius 1 is 0.811 bits per heavy atom. The Bertz CT molecular complexity index is 1120. The number of nitrogens with two attached hydrogens (primary N) is 2. The van der Waals surface area contributed by atoms with Crippen molar-refractivity contribution in [2.45, 2.75) is 141 Å². The molecule has 0 aromatic heterocycles. The Balaban J connectivity index is 2.65. The fourth-order valence-electron chi connectivity index (χ4n) is 7.27. The Kier molecular flexibility index (Phi) is 22.1. The lowest BCUT2D eigenvalue weighted by Crippen LogP contribution is -2.63. The standard InChI is InChI=1S/C38H72N8O7/c1-7-8-9-13-19-46-24-27(4)41-35(48)30(25-53-20-14-18-39)43-34(47)29(23-40)42-37(50)33(28-15-11-10-12-16-28)44-36(49)32(22-26(2)3)45(5)38(51)31(46)17-21-52-6/h26-33H,7-25,39-40H2,1-6H3,(H,41,48)(H,42,50)(H,43,47)(H,44,49)/t27-,29+,30+,31+,32+,33?/m1/s1. The number of unbranched alkanes of at least 4 members (excludes halogenated alkanes) is 3. The van der Waals surface area contributed by atoms with Gasteiger partial charge in [0.05, 0.1) is 12.6 Å². The van der Waals surface area contributed by atoms with Gasteiger partial charge in [0.2, 0.25) is 29.5 Å². The van der Waals surface area contributed by atoms with Crippen LogP contribution in [0.5, 0.6) is 0 Å². The largest absolute Gasteiger partial charge is 0.385 e. The molecule has 2 fully saturated rings. The zero-order valence-corrected chi connectivity index (χ0v) is 33.5. The molecule has 1 saturated carbocycles. The van der Waals surface area contributed by atoms with E-state index >= 15 is 0 Å². The summed E-state index contributed by atoms with van der Waals surface area (Å²) in [6.45, 7) is 9.60. The third-order valence-corrected chi connectivity index (χ3v) is 10.3. The van der Waals surface area contributed by atoms with Crippen LogP contribution in [-0.4, -0.2) is 136 Å². The predicted molar refractivity (Wildman–Crippen MR) is 206 cm³/mol. The van der Waals surface area contributed by atoms with Crippen LogP contribution in [0.1, 0.15) is 105 Å². The van der Waals surface area contributed by atoms with E-state index in [9.17, 15) is 24.0 Å². The summed E-state index contributed by atoms with van der Waals surface area (Å²) in [6.07, 6.45) is 9.59. The maximum absolute atomic E-state index is 14.6. The molecule has 0 spiro atoms. The first-order valence-corrected chi connectivity index (χ1v) is 20.1. The maximum Gasteiger partial charge on any atom is 0.245 e. The number of carbonyl (C=O) groups excluding carboxylic acids is 5. The van der Waals surface area contributed by atoms with Crippen molar-refractivity contribution >= 4 is 29.5 Å². The molecule has 0 aromatic carbocycles. The lowest BCUT2D eigenvalue weighted by Gasteiger charge is -2.39. The number of nitrogens with one attached hydrogen (secondary N) is 4. The minimum Gasteiger partial charge on any atom is -0.385 e. The van der Waals surface area contributed by atoms with Gasteiger partial charge in [0.1, 0.15) is 24.2 Å². The van der Waals surface area contributed by atoms with Crippen molar-refractivity contribution in [2.75, 3.05) is 60.2 Å². The van der Waals surface area contributed by atoms with Crippen LogP contribution in [0.4, 0.5) is 0 Å². The fraction of sp³-hybridized carbons (Fsp3) is 0.868. The molecule has 0 aromatic rings. The second-order valence-corrected chi connectivity index (χ2v) is 15.3. The van der Waals surface area contributed by atoms with Gasteiger partial charge in [0, 0.05) is 46.5 Å². The van der Waals surface area contributed by atoms with Gasteiger partial charge in [-0.15, -0.1) is 0 Å². The zero-order chi connectivity index (χ0) is 39.3. The molecule has 2 aliphatic rings. The molecule has 15 heteroatoms. The SMILES string of the molecule is CCCCCCN1C[C@@H](C)NC(=O)[C@H](COCCCN)NC(=O)[C@H](CN)NC(=O)C(C2CCCCC2)NC(=O)[C@H](CC(C)C)N(C)C(=O)[C@@H]1CCOC. The molecule has 6 atom stereocenters. The molecule has 1 aliphatic carbocycles. The number of methoxy groups -OCH3 is 1. The second kappa shape index (κ2) is 25.3. The number of likely N-dealkylation sites (N-methyl/N-ethyl adjacent to an activating group) is 1. The Labute approximate surface area is 318 Å². The van der Waals surface area contributed by atoms with Crippen LogP contribution in [0.25, 0.3) is 0 Å². The normalized spacial score (nSPS) is 26.8. The van der Waals surface area contributed by atoms with E-state index in [4.69, 9.17) is 20.9 Å². The second-order valence-electron chi connectivity index (χ2n) is 15.3. The van der Waals surface area contributed by atoms with Crippen LogP contribution in [0.15, 0.2) is 0 Å². The van der Waals surface area contributed by atoms with Crippen LogP contribution in [0.2, 0.25) is 0 Å². The Morgan fingerprint density at radius 2 is 1.49 bits per heavy atom. The average molecular weight is 753 g/mol. The molecule has 0 bridgehead atoms. The number of ether oxygens (including phenoxy) is 2. The molecule has 2 rings (SSSR count). The average Bonchev–Trinajstić information content (AvgIpc) is 3.13. The maximum atomic E-state index is 14.6. The molecule has 1 heterocycles. The van der Waals surface area contributed by atoms with E-state index in [1.165, 1.54) is 4.90 Å². The van der Waals surface area contributed by atoms with Crippen LogP contribution in [0.3, 0.4) is 0 Å². The van der Waals surface area contributed by atoms with Gasteiger partial charge in [-0.1, -0.05) is 59.3 Å². The van der Waals surface area contributed by atoms with Gasteiger partial charge >= 0.3 is 0 Å². The molecule has 5 amide bonds. The van der Waals surface area contributed by atoms with Gasteiger partial charge in [0.15, 0.2) is 0 Å². The smallest absolute Gasteiger partial charge is 0.245 e. The highest BCUT2D eigenvalue weighted by molar-refractivity contribution is 5.96. The van der Waals surface area contributed by atoms with Crippen molar-refractivity contribution in [2.24, 2.45) is 23.3 Å². The van der Waals surface area contributed by atoms with Crippen molar-refractivity contribution in [3.63, 3.8) is 0 Å². The van der Waals surface area contributed by atoms with E-state index in [1.54, 1.807) is 14.2 Å². The lowest BCUT2D eigenvalue weighted by atomic mass is 9.83. The molecular weight excluding hydrogens is 680 g/mol. The van der Waals surface area contributed by atoms with Crippen LogP contribution >= 0.6 is 0 Å². The first-order chi connectivity index (χ1) is 25.4. The number of amides is 5. The van der Waals surface area contributed by atoms with Gasteiger partial charge < -0.3 is 47.1 Å². The minimum absolute atomic E-state index is 0.0659. The quantitative estimate of drug-likeness (QED) is 0.116. The van der Waals surface area contributed by atoms with E-state index < -0.39 is 59.9 Å². The van der Waals surface area contributed by atoms with E-state index in [-0.39, 0.29) is 30.9 Å². The van der Waals surface area contributed by atoms with Crippen molar-refractivity contribution in [3.05, 3.63) is 0 Å². The van der Waals surface area contributed by atoms with E-state index in [1.807, 2.05) is 20.8 Å². The molecule has 15 nitrogen and oxygen atoms in total. The molecule has 306 valence electrons. The highest BCUT2D eigenvalue weighted by atomic mass is 16.5. The number of hydrogen-bond acceptors (Lipinski definition) is 10. The van der Waals surface area contributed by atoms with Crippen molar-refractivity contribution in [3.8, 4) is 0 Å². The summed E-state index contributed by atoms with van der Waals surface area (Å²) in [7, 11) is 3.25. The van der Waals surface area contributed by atoms with Crippen LogP contribution in [-0.2, 0) is 33.4 Å². The fourth-order valence-corrected chi connectivity index (χ4v) is 7.27. The van der Waals surface area contributed by atoms with Gasteiger partial charge in [-0.2, -0.15) is 0 Å². The van der Waals surface area contributed by atoms with E-state index in [2.05, 4.69) is 33.1 Å². The molecule has 0 radical (unpaired) electrons. The summed E-state index contributed by atoms with van der Waals surface area (Å²) in [6, 6.07) is -5.13. The summed E-state index contributed by atoms with van der Waals surface area (Å²) >= 11 is 0. The van der Waals surface area contributed by atoms with Gasteiger partial charge in [-0.25, -0.2) is 0 Å². The zero-order valence-electron chi connectivity index (χ0n) is 33.5. The van der Waals surface area contributed by atoms with E-state index in [0.717, 1.165) is 57.8 Å². The van der Waals surface area contributed by atoms with Crippen molar-refractivity contribution < 1.29 is 33.4 Å². The van der Waals surface area contributed by atoms with Crippen molar-refractivity contribution in [1.82, 2.24) is 31.1 Å². The van der Waals surface area contributed by atoms with Gasteiger partial charge in [0.25, 0.3) is 0 Å². The molecule has 1 aliphatic heterocycles. The summed E-state index contributed by atoms with van der Waals surface area (Å²) in [5, 5.41) is 11.6. The third-order valence-electron chi connectivity index (χ3n) is 10.3. The monoisotopic (exact) mass is 753 g/mol. The van der Waals surface area contributed by atoms with Crippen molar-refractivity contribution in [1.29, 1.82) is 0 Å². The van der Waals surface area contributed by atoms with Gasteiger partial charge in [-0.05, 0) is 70.4 Å². The number of hydrogen-bond donors (Lipinski definition) is 6. The van der Waals surface area contributed by atoms with E-state index in [0.29, 0.717) is 52.1 Å². The summed E-state index contributed by atoms with van der Waals surface area (Å²) < 4.78 is 11.2. The summed E-state index contributed by atoms with van der Waals surface area (Å²) in [4.78, 5) is 74.1. The molecular formula is C38H72N8O7. The number of carbonyl (C=O) groups is 5. The number of rotatable bonds is 17. The Morgan fingerprint density at radius 3 is 2.11 bits per heavy atom. The highest BCUT2D eigenvalue weighted by Gasteiger charge is 2.39. The lowest BCUT2D eigenvalue weighted by molar-refractivity contribution is -0.145. The topological polar surface area (TPSA) is 210 Å². The van der Waals surface area contributed by atoms with Crippen LogP contribution in [0, 0.1) is 11.8 Å². The first kappa shape index (κ1) is 46.3. The minimum atomic E-state index is -1.17. The highest BCUT2D eigenvalue weighted by Crippen LogP contribution is 2.27. The Hall–Kier alpha value is -2.85. The number of nitrogens with zero attached hydrogens (tertiary/aromatic N) is 2. The predicted octanol–water partition coefficient (Wildman–Crippen LogP) is 1.02. The summed E-state index contributed by atoms with van der Waals surface area (Å²) in [5.41, 5.74) is 11.7. The molecule has 1 unspecified atom stereocenters. The molecule has 53 heavy (non-hydrogen) atoms. The van der Waals surface area contributed by atoms with Gasteiger partial charge in [-0.3, -0.25) is 28.9 Å².